The summed E-state index contributed by atoms with van der Waals surface area (Å²) in [7, 11) is 0. The molecule has 3 fully saturated rings. The summed E-state index contributed by atoms with van der Waals surface area (Å²) in [4.78, 5) is 38.1. The van der Waals surface area contributed by atoms with Crippen LogP contribution in [0.15, 0.2) is 11.6 Å². The normalized spacial score (nSPS) is 42.2. The number of aliphatic hydroxyl groups excluding tert-OH is 1. The van der Waals surface area contributed by atoms with Gasteiger partial charge in [-0.3, -0.25) is 14.4 Å². The maximum Gasteiger partial charge on any atom is 0.312 e. The van der Waals surface area contributed by atoms with E-state index in [9.17, 15) is 19.5 Å². The minimum atomic E-state index is -1.23. The van der Waals surface area contributed by atoms with Crippen LogP contribution < -0.4 is 0 Å². The monoisotopic (exact) mass is 430 g/mol. The second-order valence-electron chi connectivity index (χ2n) is 12.0. The molecule has 5 nitrogen and oxygen atoms in total. The van der Waals surface area contributed by atoms with Crippen molar-refractivity contribution in [2.24, 2.45) is 34.0 Å². The number of carbonyl (C=O) groups is 3. The maximum absolute atomic E-state index is 13.2. The molecule has 0 aliphatic heterocycles. The Balaban J connectivity index is 1.70. The molecule has 0 aromatic heterocycles. The van der Waals surface area contributed by atoms with Gasteiger partial charge in [-0.1, -0.05) is 19.4 Å². The Morgan fingerprint density at radius 2 is 1.74 bits per heavy atom. The van der Waals surface area contributed by atoms with Gasteiger partial charge in [0.2, 0.25) is 5.78 Å². The number of rotatable bonds is 3. The molecule has 3 saturated carbocycles. The summed E-state index contributed by atoms with van der Waals surface area (Å²) in [5.41, 5.74) is -1.02. The van der Waals surface area contributed by atoms with E-state index in [2.05, 4.69) is 13.8 Å². The molecule has 4 aliphatic carbocycles. The Morgan fingerprint density at radius 3 is 2.39 bits per heavy atom. The van der Waals surface area contributed by atoms with Crippen molar-refractivity contribution in [1.29, 1.82) is 0 Å². The van der Waals surface area contributed by atoms with E-state index < -0.39 is 23.0 Å². The second kappa shape index (κ2) is 7.26. The highest BCUT2D eigenvalue weighted by atomic mass is 16.6. The second-order valence-corrected chi connectivity index (χ2v) is 12.0. The van der Waals surface area contributed by atoms with Crippen LogP contribution in [0.3, 0.4) is 0 Å². The van der Waals surface area contributed by atoms with E-state index in [-0.39, 0.29) is 28.9 Å². The summed E-state index contributed by atoms with van der Waals surface area (Å²) in [6.45, 7) is 9.28. The number of ether oxygens (including phenoxy) is 1. The number of esters is 1. The van der Waals surface area contributed by atoms with Crippen LogP contribution in [0, 0.1) is 34.0 Å². The number of hydrogen-bond acceptors (Lipinski definition) is 5. The molecule has 31 heavy (non-hydrogen) atoms. The zero-order chi connectivity index (χ0) is 22.8. The number of aliphatic hydroxyl groups is 1. The highest BCUT2D eigenvalue weighted by Gasteiger charge is 2.68. The van der Waals surface area contributed by atoms with Gasteiger partial charge in [-0.05, 0) is 95.0 Å². The van der Waals surface area contributed by atoms with Gasteiger partial charge in [0.25, 0.3) is 0 Å². The summed E-state index contributed by atoms with van der Waals surface area (Å²) >= 11 is 0. The van der Waals surface area contributed by atoms with Crippen LogP contribution in [0.5, 0.6) is 0 Å². The predicted octanol–water partition coefficient (Wildman–Crippen LogP) is 4.41. The average Bonchev–Trinajstić information content (AvgIpc) is 3.00. The Hall–Kier alpha value is -1.49. The first-order valence-electron chi connectivity index (χ1n) is 12.0. The van der Waals surface area contributed by atoms with Gasteiger partial charge in [0.15, 0.2) is 11.4 Å². The Labute approximate surface area is 186 Å². The lowest BCUT2D eigenvalue weighted by Crippen LogP contribution is -2.60. The fourth-order valence-electron chi connectivity index (χ4n) is 7.68. The summed E-state index contributed by atoms with van der Waals surface area (Å²) < 4.78 is 6.11. The highest BCUT2D eigenvalue weighted by molar-refractivity contribution is 5.93. The number of carbonyl (C=O) groups excluding carboxylic acids is 3. The molecule has 0 bridgehead atoms. The first-order valence-corrected chi connectivity index (χ1v) is 12.0. The van der Waals surface area contributed by atoms with E-state index in [0.717, 1.165) is 38.5 Å². The fourth-order valence-corrected chi connectivity index (χ4v) is 7.68. The van der Waals surface area contributed by atoms with Crippen LogP contribution in [0.2, 0.25) is 0 Å². The van der Waals surface area contributed by atoms with E-state index in [1.54, 1.807) is 20.8 Å². The van der Waals surface area contributed by atoms with Crippen molar-refractivity contribution in [3.63, 3.8) is 0 Å². The largest absolute Gasteiger partial charge is 0.450 e. The van der Waals surface area contributed by atoms with Gasteiger partial charge in [-0.25, -0.2) is 0 Å². The molecule has 5 heteroatoms. The highest BCUT2D eigenvalue weighted by Crippen LogP contribution is 2.68. The number of allylic oxidation sites excluding steroid dienone is 1. The summed E-state index contributed by atoms with van der Waals surface area (Å²) in [6.07, 6.45) is 8.53. The molecule has 0 amide bonds. The van der Waals surface area contributed by atoms with E-state index in [0.29, 0.717) is 24.7 Å². The molecule has 0 heterocycles. The third-order valence-corrected chi connectivity index (χ3v) is 9.55. The van der Waals surface area contributed by atoms with Gasteiger partial charge < -0.3 is 9.84 Å². The van der Waals surface area contributed by atoms with Crippen molar-refractivity contribution in [2.75, 3.05) is 6.61 Å². The summed E-state index contributed by atoms with van der Waals surface area (Å²) in [6, 6.07) is 0. The minimum absolute atomic E-state index is 0.0620. The van der Waals surface area contributed by atoms with Crippen molar-refractivity contribution >= 4 is 17.5 Å². The quantitative estimate of drug-likeness (QED) is 0.671. The molecule has 4 rings (SSSR count). The van der Waals surface area contributed by atoms with Gasteiger partial charge >= 0.3 is 5.97 Å². The Morgan fingerprint density at radius 1 is 1.06 bits per heavy atom. The van der Waals surface area contributed by atoms with Crippen LogP contribution in [0.25, 0.3) is 0 Å². The molecular formula is C26H38O5. The number of hydrogen-bond donors (Lipinski definition) is 1. The smallest absolute Gasteiger partial charge is 0.312 e. The molecule has 0 aromatic carbocycles. The molecule has 1 N–H and O–H groups in total. The van der Waals surface area contributed by atoms with E-state index in [1.165, 1.54) is 5.57 Å². The molecule has 4 aliphatic rings. The van der Waals surface area contributed by atoms with Crippen molar-refractivity contribution in [1.82, 2.24) is 0 Å². The number of ketones is 2. The maximum atomic E-state index is 13.2. The van der Waals surface area contributed by atoms with Crippen molar-refractivity contribution in [2.45, 2.75) is 91.6 Å². The third kappa shape index (κ3) is 3.17. The molecular weight excluding hydrogens is 392 g/mol. The number of Topliss-reactive ketones (excluding diaryl/α,β-unsaturated/α-hetero) is 1. The Bertz CT molecular complexity index is 835. The molecule has 0 radical (unpaired) electrons. The minimum Gasteiger partial charge on any atom is -0.450 e. The topological polar surface area (TPSA) is 80.7 Å². The lowest BCUT2D eigenvalue weighted by atomic mass is 9.46. The number of fused-ring (bicyclic) bond motifs is 5. The van der Waals surface area contributed by atoms with Crippen molar-refractivity contribution < 1.29 is 24.2 Å². The van der Waals surface area contributed by atoms with Crippen LogP contribution in [-0.2, 0) is 19.1 Å². The first kappa shape index (κ1) is 22.7. The lowest BCUT2D eigenvalue weighted by molar-refractivity contribution is -0.197. The average molecular weight is 431 g/mol. The zero-order valence-corrected chi connectivity index (χ0v) is 19.8. The van der Waals surface area contributed by atoms with E-state index in [4.69, 9.17) is 4.74 Å². The van der Waals surface area contributed by atoms with Crippen LogP contribution in [0.1, 0.15) is 86.0 Å². The van der Waals surface area contributed by atoms with Gasteiger partial charge in [0, 0.05) is 11.8 Å². The molecule has 0 aromatic rings. The molecule has 0 saturated heterocycles. The standard InChI is InChI=1S/C26H38O5/c1-23(2,3)22(30)31-26(21(29)15-27)13-10-20-18-7-6-16-14-17(28)8-11-24(16,4)19(18)9-12-25(20,26)5/h14,18-20,27H,6-13,15H2,1-5H3/t18-,19+,20+,24+,25+,26+/m1/s1. The summed E-state index contributed by atoms with van der Waals surface area (Å²) in [5.74, 6) is 0.775. The predicted molar refractivity (Wildman–Crippen MR) is 117 cm³/mol. The zero-order valence-electron chi connectivity index (χ0n) is 19.8. The van der Waals surface area contributed by atoms with E-state index in [1.807, 2.05) is 6.08 Å². The van der Waals surface area contributed by atoms with Crippen molar-refractivity contribution in [3.05, 3.63) is 11.6 Å². The first-order chi connectivity index (χ1) is 14.4. The molecule has 6 atom stereocenters. The Kier molecular flexibility index (Phi) is 5.32. The third-order valence-electron chi connectivity index (χ3n) is 9.55. The van der Waals surface area contributed by atoms with Crippen LogP contribution in [0.4, 0.5) is 0 Å². The van der Waals surface area contributed by atoms with Gasteiger partial charge in [-0.15, -0.1) is 0 Å². The fraction of sp³-hybridized carbons (Fsp3) is 0.808. The SMILES string of the molecule is CC(C)(C)C(=O)O[C@]1(C(=O)CO)CC[C@H]2[C@@H]3CCC4=CC(=O)CC[C@]4(C)[C@H]3CC[C@@]21C. The lowest BCUT2D eigenvalue weighted by Gasteiger charge is -2.59. The van der Waals surface area contributed by atoms with Crippen LogP contribution in [-0.4, -0.2) is 34.9 Å². The van der Waals surface area contributed by atoms with Crippen LogP contribution >= 0.6 is 0 Å². The van der Waals surface area contributed by atoms with Crippen molar-refractivity contribution in [3.8, 4) is 0 Å². The van der Waals surface area contributed by atoms with Gasteiger partial charge in [-0.2, -0.15) is 0 Å². The molecule has 0 spiro atoms. The molecule has 0 unspecified atom stereocenters. The van der Waals surface area contributed by atoms with Gasteiger partial charge in [0.1, 0.15) is 6.61 Å². The van der Waals surface area contributed by atoms with E-state index >= 15 is 0 Å². The van der Waals surface area contributed by atoms with Gasteiger partial charge in [0.05, 0.1) is 5.41 Å². The summed E-state index contributed by atoms with van der Waals surface area (Å²) in [5, 5.41) is 9.85. The molecule has 172 valence electrons.